The summed E-state index contributed by atoms with van der Waals surface area (Å²) >= 11 is 0. The number of nitrogens with two attached hydrogens (primary N) is 2. The lowest BCUT2D eigenvalue weighted by atomic mass is 9.86. The van der Waals surface area contributed by atoms with Crippen LogP contribution in [0.3, 0.4) is 0 Å². The van der Waals surface area contributed by atoms with E-state index in [0.717, 1.165) is 11.6 Å². The van der Waals surface area contributed by atoms with Crippen LogP contribution in [0.2, 0.25) is 0 Å². The molecule has 0 saturated heterocycles. The first kappa shape index (κ1) is 13.7. The molecular weight excluding hydrogens is 238 g/mol. The zero-order chi connectivity index (χ0) is 14.0. The van der Waals surface area contributed by atoms with E-state index in [1.807, 2.05) is 6.07 Å². The van der Waals surface area contributed by atoms with Crippen molar-refractivity contribution in [1.29, 1.82) is 0 Å². The smallest absolute Gasteiger partial charge is 0.248 e. The molecule has 0 bridgehead atoms. The Bertz CT molecular complexity index is 464. The summed E-state index contributed by atoms with van der Waals surface area (Å²) in [5.74, 6) is 0.395. The fourth-order valence-corrected chi connectivity index (χ4v) is 2.86. The van der Waals surface area contributed by atoms with E-state index in [9.17, 15) is 4.79 Å². The van der Waals surface area contributed by atoms with Crippen molar-refractivity contribution in [3.05, 3.63) is 23.8 Å². The van der Waals surface area contributed by atoms with Crippen LogP contribution in [0.5, 0.6) is 0 Å². The molecule has 0 aromatic heterocycles. The van der Waals surface area contributed by atoms with Crippen LogP contribution in [0.25, 0.3) is 0 Å². The summed E-state index contributed by atoms with van der Waals surface area (Å²) in [5.41, 5.74) is 13.4. The van der Waals surface area contributed by atoms with Crippen LogP contribution >= 0.6 is 0 Å². The van der Waals surface area contributed by atoms with Gasteiger partial charge in [0.05, 0.1) is 11.4 Å². The highest BCUT2D eigenvalue weighted by Gasteiger charge is 2.23. The van der Waals surface area contributed by atoms with Gasteiger partial charge < -0.3 is 16.4 Å². The number of carbonyl (C=O) groups is 1. The number of nitrogen functional groups attached to an aromatic ring is 1. The van der Waals surface area contributed by atoms with Crippen molar-refractivity contribution in [2.75, 3.05) is 17.7 Å². The van der Waals surface area contributed by atoms with Crippen LogP contribution in [0.15, 0.2) is 18.2 Å². The summed E-state index contributed by atoms with van der Waals surface area (Å²) in [7, 11) is 2.08. The Balaban J connectivity index is 2.15. The quantitative estimate of drug-likeness (QED) is 0.820. The Hall–Kier alpha value is -1.71. The second kappa shape index (κ2) is 5.51. The predicted molar refractivity (Wildman–Crippen MR) is 79.2 cm³/mol. The first-order valence-corrected chi connectivity index (χ1v) is 6.91. The second-order valence-electron chi connectivity index (χ2n) is 5.66. The number of anilines is 2. The van der Waals surface area contributed by atoms with E-state index in [1.54, 1.807) is 12.1 Å². The molecule has 104 valence electrons. The Kier molecular flexibility index (Phi) is 3.98. The van der Waals surface area contributed by atoms with Crippen molar-refractivity contribution in [2.45, 2.75) is 38.6 Å². The molecule has 1 aliphatic carbocycles. The van der Waals surface area contributed by atoms with Gasteiger partial charge in [0.25, 0.3) is 0 Å². The average molecular weight is 261 g/mol. The topological polar surface area (TPSA) is 72.3 Å². The molecule has 0 unspecified atom stereocenters. The van der Waals surface area contributed by atoms with E-state index in [-0.39, 0.29) is 0 Å². The van der Waals surface area contributed by atoms with E-state index < -0.39 is 5.91 Å². The van der Waals surface area contributed by atoms with Gasteiger partial charge in [0, 0.05) is 18.7 Å². The summed E-state index contributed by atoms with van der Waals surface area (Å²) in [6.45, 7) is 2.31. The van der Waals surface area contributed by atoms with Crippen molar-refractivity contribution in [3.8, 4) is 0 Å². The fraction of sp³-hybridized carbons (Fsp3) is 0.533. The molecular formula is C15H23N3O. The molecule has 4 N–H and O–H groups in total. The zero-order valence-corrected chi connectivity index (χ0v) is 11.7. The summed E-state index contributed by atoms with van der Waals surface area (Å²) in [5, 5.41) is 0. The van der Waals surface area contributed by atoms with Crippen LogP contribution < -0.4 is 16.4 Å². The molecule has 19 heavy (non-hydrogen) atoms. The van der Waals surface area contributed by atoms with Gasteiger partial charge in [-0.25, -0.2) is 0 Å². The third kappa shape index (κ3) is 3.00. The minimum absolute atomic E-state index is 0.438. The standard InChI is InChI=1S/C15H23N3O/c1-10-3-6-12(7-4-10)18(2)14-8-5-11(15(17)19)9-13(14)16/h5,8-10,12H,3-4,6-7,16H2,1-2H3,(H2,17,19). The maximum atomic E-state index is 11.1. The molecule has 1 aromatic carbocycles. The minimum atomic E-state index is -0.438. The van der Waals surface area contributed by atoms with E-state index in [1.165, 1.54) is 25.7 Å². The van der Waals surface area contributed by atoms with Crippen LogP contribution in [-0.4, -0.2) is 19.0 Å². The van der Waals surface area contributed by atoms with Crippen molar-refractivity contribution in [3.63, 3.8) is 0 Å². The lowest BCUT2D eigenvalue weighted by Gasteiger charge is -2.35. The lowest BCUT2D eigenvalue weighted by Crippen LogP contribution is -2.35. The summed E-state index contributed by atoms with van der Waals surface area (Å²) in [6, 6.07) is 5.85. The zero-order valence-electron chi connectivity index (χ0n) is 11.7. The van der Waals surface area contributed by atoms with Gasteiger partial charge in [0.1, 0.15) is 0 Å². The average Bonchev–Trinajstić information content (AvgIpc) is 2.38. The van der Waals surface area contributed by atoms with Gasteiger partial charge >= 0.3 is 0 Å². The maximum absolute atomic E-state index is 11.1. The highest BCUT2D eigenvalue weighted by molar-refractivity contribution is 5.94. The summed E-state index contributed by atoms with van der Waals surface area (Å²) in [4.78, 5) is 13.4. The van der Waals surface area contributed by atoms with E-state index in [4.69, 9.17) is 11.5 Å². The third-order valence-corrected chi connectivity index (χ3v) is 4.23. The predicted octanol–water partition coefficient (Wildman–Crippen LogP) is 2.38. The number of hydrogen-bond donors (Lipinski definition) is 2. The number of hydrogen-bond acceptors (Lipinski definition) is 3. The Morgan fingerprint density at radius 1 is 1.26 bits per heavy atom. The normalized spacial score (nSPS) is 23.1. The molecule has 1 aromatic rings. The summed E-state index contributed by atoms with van der Waals surface area (Å²) in [6.07, 6.45) is 4.95. The monoisotopic (exact) mass is 261 g/mol. The molecule has 4 heteroatoms. The van der Waals surface area contributed by atoms with E-state index in [0.29, 0.717) is 17.3 Å². The largest absolute Gasteiger partial charge is 0.397 e. The van der Waals surface area contributed by atoms with Crippen molar-refractivity contribution < 1.29 is 4.79 Å². The van der Waals surface area contributed by atoms with Crippen LogP contribution in [0, 0.1) is 5.92 Å². The van der Waals surface area contributed by atoms with Crippen LogP contribution in [0.4, 0.5) is 11.4 Å². The van der Waals surface area contributed by atoms with Gasteiger partial charge in [0.2, 0.25) is 5.91 Å². The fourth-order valence-electron chi connectivity index (χ4n) is 2.86. The third-order valence-electron chi connectivity index (χ3n) is 4.23. The molecule has 1 saturated carbocycles. The number of carbonyl (C=O) groups excluding carboxylic acids is 1. The highest BCUT2D eigenvalue weighted by atomic mass is 16.1. The number of amides is 1. The van der Waals surface area contributed by atoms with Gasteiger partial charge in [-0.2, -0.15) is 0 Å². The number of benzene rings is 1. The Labute approximate surface area is 114 Å². The van der Waals surface area contributed by atoms with Crippen molar-refractivity contribution in [2.24, 2.45) is 11.7 Å². The molecule has 0 radical (unpaired) electrons. The molecule has 2 rings (SSSR count). The molecule has 1 amide bonds. The van der Waals surface area contributed by atoms with Gasteiger partial charge in [-0.3, -0.25) is 4.79 Å². The second-order valence-corrected chi connectivity index (χ2v) is 5.66. The van der Waals surface area contributed by atoms with E-state index in [2.05, 4.69) is 18.9 Å². The Morgan fingerprint density at radius 3 is 2.42 bits per heavy atom. The molecule has 0 heterocycles. The first-order valence-electron chi connectivity index (χ1n) is 6.91. The molecule has 0 spiro atoms. The molecule has 4 nitrogen and oxygen atoms in total. The lowest BCUT2D eigenvalue weighted by molar-refractivity contribution is 0.100. The Morgan fingerprint density at radius 2 is 1.89 bits per heavy atom. The van der Waals surface area contributed by atoms with Crippen molar-refractivity contribution in [1.82, 2.24) is 0 Å². The molecule has 0 aliphatic heterocycles. The molecule has 1 fully saturated rings. The van der Waals surface area contributed by atoms with Crippen LogP contribution in [0.1, 0.15) is 43.0 Å². The first-order chi connectivity index (χ1) is 8.99. The van der Waals surface area contributed by atoms with Crippen LogP contribution in [-0.2, 0) is 0 Å². The van der Waals surface area contributed by atoms with Crippen molar-refractivity contribution >= 4 is 17.3 Å². The number of primary amides is 1. The number of rotatable bonds is 3. The molecule has 0 atom stereocenters. The van der Waals surface area contributed by atoms with Gasteiger partial charge in [-0.15, -0.1) is 0 Å². The van der Waals surface area contributed by atoms with Gasteiger partial charge in [-0.05, 0) is 49.8 Å². The minimum Gasteiger partial charge on any atom is -0.397 e. The SMILES string of the molecule is CC1CCC(N(C)c2ccc(C(N)=O)cc2N)CC1. The van der Waals surface area contributed by atoms with E-state index >= 15 is 0 Å². The number of nitrogens with zero attached hydrogens (tertiary/aromatic N) is 1. The highest BCUT2D eigenvalue weighted by Crippen LogP contribution is 2.32. The van der Waals surface area contributed by atoms with Gasteiger partial charge in [-0.1, -0.05) is 6.92 Å². The molecule has 1 aliphatic rings. The maximum Gasteiger partial charge on any atom is 0.248 e. The summed E-state index contributed by atoms with van der Waals surface area (Å²) < 4.78 is 0. The van der Waals surface area contributed by atoms with Gasteiger partial charge in [0.15, 0.2) is 0 Å².